The third-order valence-electron chi connectivity index (χ3n) is 1.46. The number of ketones is 1. The second-order valence-corrected chi connectivity index (χ2v) is 3.85. The highest BCUT2D eigenvalue weighted by Crippen LogP contribution is 2.20. The number of alkyl halides is 3. The van der Waals surface area contributed by atoms with Gasteiger partial charge in [0.2, 0.25) is 0 Å². The van der Waals surface area contributed by atoms with E-state index >= 15 is 0 Å². The first-order valence-electron chi connectivity index (χ1n) is 5.33. The van der Waals surface area contributed by atoms with Crippen molar-refractivity contribution in [1.29, 1.82) is 10.5 Å². The Bertz CT molecular complexity index is 464. The van der Waals surface area contributed by atoms with Crippen LogP contribution in [-0.2, 0) is 4.79 Å². The second kappa shape index (κ2) is 18.1. The molecule has 23 heavy (non-hydrogen) atoms. The Kier molecular flexibility index (Phi) is 24.0. The zero-order valence-electron chi connectivity index (χ0n) is 12.7. The lowest BCUT2D eigenvalue weighted by Crippen LogP contribution is -2.25. The Balaban J connectivity index is -0.000000154. The van der Waals surface area contributed by atoms with E-state index in [1.54, 1.807) is 6.20 Å². The zero-order valence-corrected chi connectivity index (χ0v) is 19.4. The summed E-state index contributed by atoms with van der Waals surface area (Å²) in [5, 5.41) is 16.2. The number of allylic oxidation sites excluding steroid dienone is 2. The van der Waals surface area contributed by atoms with Crippen LogP contribution in [0.25, 0.3) is 0 Å². The van der Waals surface area contributed by atoms with E-state index in [0.29, 0.717) is 0 Å². The molecule has 0 aliphatic heterocycles. The lowest BCUT2D eigenvalue weighted by molar-refractivity contribution is -0.166. The number of carbonyl (C=O) groups excluding carboxylic acids is 1. The summed E-state index contributed by atoms with van der Waals surface area (Å²) < 4.78 is 35.3. The van der Waals surface area contributed by atoms with Gasteiger partial charge in [-0.15, -0.1) is 24.0 Å². The topological polar surface area (TPSA) is 71.1 Å². The molecule has 11 heteroatoms. The van der Waals surface area contributed by atoms with Gasteiger partial charge in [-0.2, -0.15) is 23.7 Å². The monoisotopic (exact) mass is 670 g/mol. The number of Topliss-reactive ketones (excluding diaryl/α,β-unsaturated/α-hetero) is 1. The number of rotatable bonds is 3. The molecule has 0 aromatic rings. The number of hydrogen-bond donors (Lipinski definition) is 0. The normalized spacial score (nSPS) is 9.78. The minimum atomic E-state index is -4.99. The van der Waals surface area contributed by atoms with Gasteiger partial charge in [-0.1, -0.05) is 0 Å². The predicted molar refractivity (Wildman–Crippen MR) is 110 cm³/mol. The van der Waals surface area contributed by atoms with Crippen LogP contribution in [0.5, 0.6) is 0 Å². The van der Waals surface area contributed by atoms with E-state index in [1.165, 1.54) is 31.1 Å². The van der Waals surface area contributed by atoms with Gasteiger partial charge in [-0.05, 0) is 0 Å². The van der Waals surface area contributed by atoms with Crippen molar-refractivity contribution in [3.05, 3.63) is 24.0 Å². The van der Waals surface area contributed by atoms with Crippen LogP contribution in [0.1, 0.15) is 0 Å². The van der Waals surface area contributed by atoms with E-state index in [-0.39, 0.29) is 24.0 Å². The lowest BCUT2D eigenvalue weighted by Gasteiger charge is -2.07. The molecule has 0 unspecified atom stereocenters. The molecule has 0 amide bonds. The summed E-state index contributed by atoms with van der Waals surface area (Å²) in [4.78, 5) is 13.5. The molecule has 0 atom stereocenters. The molecule has 132 valence electrons. The van der Waals surface area contributed by atoms with Gasteiger partial charge in [-0.3, -0.25) is 4.79 Å². The average molecular weight is 670 g/mol. The summed E-state index contributed by atoms with van der Waals surface area (Å²) in [6, 6.07) is 3.07. The van der Waals surface area contributed by atoms with Crippen molar-refractivity contribution >= 4 is 67.0 Å². The highest BCUT2D eigenvalue weighted by atomic mass is 128. The Hall–Kier alpha value is -0.290. The van der Waals surface area contributed by atoms with Gasteiger partial charge in [0.05, 0.1) is 6.07 Å². The van der Waals surface area contributed by atoms with E-state index in [2.05, 4.69) is 37.2 Å². The molecule has 0 rings (SSSR count). The molecule has 0 N–H and O–H groups in total. The Labute approximate surface area is 174 Å². The van der Waals surface area contributed by atoms with Gasteiger partial charge in [0, 0.05) is 83.9 Å². The molecule has 0 fully saturated rings. The third-order valence-corrected chi connectivity index (χ3v) is 1.46. The first kappa shape index (κ1) is 30.6. The van der Waals surface area contributed by atoms with Crippen molar-refractivity contribution in [2.45, 2.75) is 6.18 Å². The van der Waals surface area contributed by atoms with Crippen LogP contribution < -0.4 is 0 Å². The lowest BCUT2D eigenvalue weighted by atomic mass is 10.2. The fraction of sp³-hybridized carbons (Fsp3) is 0.417. The van der Waals surface area contributed by atoms with E-state index < -0.39 is 17.5 Å². The van der Waals surface area contributed by atoms with E-state index in [1.807, 2.05) is 25.1 Å². The molecule has 0 heterocycles. The minimum absolute atomic E-state index is 0. The van der Waals surface area contributed by atoms with Crippen molar-refractivity contribution < 1.29 is 18.0 Å². The summed E-state index contributed by atoms with van der Waals surface area (Å²) in [6.45, 7) is 0. The summed E-state index contributed by atoms with van der Waals surface area (Å²) in [6.07, 6.45) is -1.03. The second-order valence-electron chi connectivity index (χ2n) is 3.85. The minimum Gasteiger partial charge on any atom is -0.383 e. The standard InChI is InChI=1S/C7H7F3N2O.C5H8N2.I2.HI/c1-12(2)4-5(3-11)6(13)7(8,9)10;1-7(2)5-3-4-6;1-2;/h4H,1-2H3;3,5H,1-2H3;;1H/b5-4-;5-3-;;. The number of hydrogen-bond acceptors (Lipinski definition) is 5. The third kappa shape index (κ3) is 21.7. The highest BCUT2D eigenvalue weighted by Gasteiger charge is 2.40. The molecular formula is C12H16F3I3N4O. The maximum absolute atomic E-state index is 11.8. The van der Waals surface area contributed by atoms with Gasteiger partial charge in [0.15, 0.2) is 0 Å². The van der Waals surface area contributed by atoms with Crippen molar-refractivity contribution in [2.24, 2.45) is 0 Å². The molecule has 0 aromatic heterocycles. The number of nitrogens with zero attached hydrogens (tertiary/aromatic N) is 4. The van der Waals surface area contributed by atoms with Crippen LogP contribution >= 0.6 is 61.2 Å². The number of carbonyl (C=O) groups is 1. The van der Waals surface area contributed by atoms with Crippen molar-refractivity contribution in [2.75, 3.05) is 28.2 Å². The molecule has 0 saturated heterocycles. The first-order valence-corrected chi connectivity index (χ1v) is 11.6. The molecule has 5 nitrogen and oxygen atoms in total. The fourth-order valence-corrected chi connectivity index (χ4v) is 0.732. The zero-order chi connectivity index (χ0) is 18.3. The molecule has 0 saturated carbocycles. The average Bonchev–Trinajstić information content (AvgIpc) is 2.43. The largest absolute Gasteiger partial charge is 0.455 e. The summed E-state index contributed by atoms with van der Waals surface area (Å²) in [5.41, 5.74) is -0.919. The summed E-state index contributed by atoms with van der Waals surface area (Å²) in [5.74, 6) is -2.12. The van der Waals surface area contributed by atoms with Crippen LogP contribution in [0.15, 0.2) is 24.0 Å². The number of halogens is 6. The Morgan fingerprint density at radius 3 is 1.70 bits per heavy atom. The smallest absolute Gasteiger partial charge is 0.383 e. The van der Waals surface area contributed by atoms with Gasteiger partial charge < -0.3 is 9.80 Å². The van der Waals surface area contributed by atoms with Crippen LogP contribution in [0.4, 0.5) is 13.2 Å². The molecule has 0 aliphatic carbocycles. The van der Waals surface area contributed by atoms with Gasteiger partial charge in [-0.25, -0.2) is 0 Å². The Morgan fingerprint density at radius 2 is 1.52 bits per heavy atom. The number of nitriles is 2. The molecule has 0 radical (unpaired) electrons. The predicted octanol–water partition coefficient (Wildman–Crippen LogP) is 4.06. The maximum atomic E-state index is 11.8. The van der Waals surface area contributed by atoms with Crippen molar-refractivity contribution in [3.63, 3.8) is 0 Å². The van der Waals surface area contributed by atoms with Crippen molar-refractivity contribution in [3.8, 4) is 12.1 Å². The SMILES string of the molecule is CN(C)/C=C(/C#N)C(=O)C(F)(F)F.CN(C)/C=C\C#N.I.II. The highest BCUT2D eigenvalue weighted by molar-refractivity contribution is 15.0. The fourth-order valence-electron chi connectivity index (χ4n) is 0.732. The molecule has 0 bridgehead atoms. The van der Waals surface area contributed by atoms with Crippen LogP contribution in [0.2, 0.25) is 0 Å². The molecule has 0 aliphatic rings. The van der Waals surface area contributed by atoms with Gasteiger partial charge in [0.25, 0.3) is 5.78 Å². The maximum Gasteiger partial charge on any atom is 0.455 e. The van der Waals surface area contributed by atoms with E-state index in [9.17, 15) is 18.0 Å². The van der Waals surface area contributed by atoms with Crippen LogP contribution in [0, 0.1) is 22.7 Å². The molecular weight excluding hydrogens is 654 g/mol. The molecule has 0 spiro atoms. The summed E-state index contributed by atoms with van der Waals surface area (Å²) in [7, 11) is 6.57. The first-order chi connectivity index (χ1) is 10.1. The van der Waals surface area contributed by atoms with Crippen LogP contribution in [-0.4, -0.2) is 50.0 Å². The van der Waals surface area contributed by atoms with Gasteiger partial charge >= 0.3 is 6.18 Å². The Morgan fingerprint density at radius 1 is 1.09 bits per heavy atom. The molecule has 0 aromatic carbocycles. The van der Waals surface area contributed by atoms with E-state index in [0.717, 1.165) is 6.20 Å². The summed E-state index contributed by atoms with van der Waals surface area (Å²) >= 11 is 4.24. The van der Waals surface area contributed by atoms with Crippen molar-refractivity contribution in [1.82, 2.24) is 9.80 Å². The van der Waals surface area contributed by atoms with E-state index in [4.69, 9.17) is 10.5 Å². The van der Waals surface area contributed by atoms with Crippen LogP contribution in [0.3, 0.4) is 0 Å². The van der Waals surface area contributed by atoms with Gasteiger partial charge in [0.1, 0.15) is 11.6 Å². The quantitative estimate of drug-likeness (QED) is 0.258.